The van der Waals surface area contributed by atoms with Gasteiger partial charge in [0, 0.05) is 6.42 Å². The largest absolute Gasteiger partial charge is 0.456 e. The van der Waals surface area contributed by atoms with Gasteiger partial charge in [-0.2, -0.15) is 0 Å². The Kier molecular flexibility index (Phi) is 4.57. The van der Waals surface area contributed by atoms with Crippen LogP contribution in [0.25, 0.3) is 0 Å². The summed E-state index contributed by atoms with van der Waals surface area (Å²) in [6.45, 7) is 6.12. The average molecular weight is 268 g/mol. The van der Waals surface area contributed by atoms with Crippen LogP contribution in [0.1, 0.15) is 49.0 Å². The predicted molar refractivity (Wildman–Crippen MR) is 81.7 cm³/mol. The van der Waals surface area contributed by atoms with Crippen LogP contribution in [-0.4, -0.2) is 5.78 Å². The number of benzene rings is 2. The van der Waals surface area contributed by atoms with E-state index in [9.17, 15) is 4.79 Å². The van der Waals surface area contributed by atoms with Crippen LogP contribution >= 0.6 is 0 Å². The van der Waals surface area contributed by atoms with E-state index in [4.69, 9.17) is 4.74 Å². The molecule has 0 unspecified atom stereocenters. The minimum Gasteiger partial charge on any atom is -0.456 e. The van der Waals surface area contributed by atoms with Gasteiger partial charge in [0.05, 0.1) is 5.56 Å². The highest BCUT2D eigenvalue weighted by atomic mass is 16.5. The monoisotopic (exact) mass is 268 g/mol. The summed E-state index contributed by atoms with van der Waals surface area (Å²) in [5.41, 5.74) is 1.79. The van der Waals surface area contributed by atoms with Crippen molar-refractivity contribution in [2.75, 3.05) is 0 Å². The van der Waals surface area contributed by atoms with Gasteiger partial charge in [-0.05, 0) is 29.7 Å². The molecule has 0 heterocycles. The molecule has 0 bridgehead atoms. The summed E-state index contributed by atoms with van der Waals surface area (Å²) in [6, 6.07) is 15.4. The second-order valence-corrected chi connectivity index (χ2v) is 5.07. The minimum atomic E-state index is 0.0997. The van der Waals surface area contributed by atoms with Gasteiger partial charge in [-0.25, -0.2) is 0 Å². The molecule has 2 aromatic carbocycles. The number of Topliss-reactive ketones (excluding diaryl/α,β-unsaturated/α-hetero) is 1. The number of carbonyl (C=O) groups is 1. The molecule has 0 radical (unpaired) electrons. The maximum absolute atomic E-state index is 12.0. The van der Waals surface area contributed by atoms with E-state index in [1.165, 1.54) is 0 Å². The van der Waals surface area contributed by atoms with Crippen molar-refractivity contribution in [2.24, 2.45) is 0 Å². The molecule has 0 N–H and O–H groups in total. The van der Waals surface area contributed by atoms with Crippen LogP contribution < -0.4 is 4.74 Å². The Morgan fingerprint density at radius 1 is 1.00 bits per heavy atom. The number of hydrogen-bond donors (Lipinski definition) is 0. The van der Waals surface area contributed by atoms with Gasteiger partial charge in [0.15, 0.2) is 5.78 Å². The standard InChI is InChI=1S/C18H20O2/c1-4-16(19)15-10-6-8-12-18(15)20-17-11-7-5-9-14(17)13(2)3/h5-13H,4H2,1-3H3. The zero-order valence-corrected chi connectivity index (χ0v) is 12.2. The molecule has 2 aromatic rings. The fourth-order valence-electron chi connectivity index (χ4n) is 2.15. The molecule has 20 heavy (non-hydrogen) atoms. The number of carbonyl (C=O) groups excluding carboxylic acids is 1. The van der Waals surface area contributed by atoms with Crippen molar-refractivity contribution in [1.82, 2.24) is 0 Å². The molecule has 0 aliphatic heterocycles. The van der Waals surface area contributed by atoms with E-state index in [0.29, 0.717) is 23.7 Å². The molecule has 0 spiro atoms. The lowest BCUT2D eigenvalue weighted by Crippen LogP contribution is -2.01. The molecule has 2 nitrogen and oxygen atoms in total. The van der Waals surface area contributed by atoms with Gasteiger partial charge in [0.25, 0.3) is 0 Å². The smallest absolute Gasteiger partial charge is 0.166 e. The molecule has 0 atom stereocenters. The molecule has 0 aliphatic rings. The second kappa shape index (κ2) is 6.38. The third kappa shape index (κ3) is 3.08. The first-order valence-electron chi connectivity index (χ1n) is 7.02. The lowest BCUT2D eigenvalue weighted by molar-refractivity contribution is 0.0986. The summed E-state index contributed by atoms with van der Waals surface area (Å²) in [6.07, 6.45) is 0.478. The van der Waals surface area contributed by atoms with Crippen molar-refractivity contribution in [3.8, 4) is 11.5 Å². The maximum Gasteiger partial charge on any atom is 0.166 e. The van der Waals surface area contributed by atoms with Gasteiger partial charge in [0.1, 0.15) is 11.5 Å². The quantitative estimate of drug-likeness (QED) is 0.697. The number of ether oxygens (including phenoxy) is 1. The van der Waals surface area contributed by atoms with Crippen LogP contribution in [0.15, 0.2) is 48.5 Å². The van der Waals surface area contributed by atoms with Crippen LogP contribution in [0.5, 0.6) is 11.5 Å². The summed E-state index contributed by atoms with van der Waals surface area (Å²) in [4.78, 5) is 12.0. The van der Waals surface area contributed by atoms with E-state index < -0.39 is 0 Å². The number of ketones is 1. The molecule has 2 heteroatoms. The summed E-state index contributed by atoms with van der Waals surface area (Å²) >= 11 is 0. The highest BCUT2D eigenvalue weighted by Crippen LogP contribution is 2.32. The van der Waals surface area contributed by atoms with Gasteiger partial charge in [-0.15, -0.1) is 0 Å². The van der Waals surface area contributed by atoms with Crippen LogP contribution in [0.4, 0.5) is 0 Å². The summed E-state index contributed by atoms with van der Waals surface area (Å²) in [7, 11) is 0. The van der Waals surface area contributed by atoms with Gasteiger partial charge in [-0.3, -0.25) is 4.79 Å². The Bertz CT molecular complexity index is 600. The van der Waals surface area contributed by atoms with Gasteiger partial charge in [-0.1, -0.05) is 51.1 Å². The van der Waals surface area contributed by atoms with Crippen molar-refractivity contribution >= 4 is 5.78 Å². The van der Waals surface area contributed by atoms with Gasteiger partial charge in [0.2, 0.25) is 0 Å². The Hall–Kier alpha value is -2.09. The fraction of sp³-hybridized carbons (Fsp3) is 0.278. The maximum atomic E-state index is 12.0. The molecule has 104 valence electrons. The zero-order chi connectivity index (χ0) is 14.5. The first-order valence-corrected chi connectivity index (χ1v) is 7.02. The Balaban J connectivity index is 2.38. The SMILES string of the molecule is CCC(=O)c1ccccc1Oc1ccccc1C(C)C. The fourth-order valence-corrected chi connectivity index (χ4v) is 2.15. The van der Waals surface area contributed by atoms with Crippen molar-refractivity contribution < 1.29 is 9.53 Å². The first-order chi connectivity index (χ1) is 9.63. The van der Waals surface area contributed by atoms with E-state index in [-0.39, 0.29) is 5.78 Å². The average Bonchev–Trinajstić information content (AvgIpc) is 2.47. The van der Waals surface area contributed by atoms with Crippen LogP contribution in [0.3, 0.4) is 0 Å². The predicted octanol–water partition coefficient (Wildman–Crippen LogP) is 5.20. The molecule has 0 aromatic heterocycles. The second-order valence-electron chi connectivity index (χ2n) is 5.07. The normalized spacial score (nSPS) is 10.6. The van der Waals surface area contributed by atoms with E-state index in [1.54, 1.807) is 0 Å². The van der Waals surface area contributed by atoms with E-state index >= 15 is 0 Å². The third-order valence-corrected chi connectivity index (χ3v) is 3.27. The molecule has 0 fully saturated rings. The molecule has 0 aliphatic carbocycles. The highest BCUT2D eigenvalue weighted by Gasteiger charge is 2.13. The number of para-hydroxylation sites is 2. The van der Waals surface area contributed by atoms with E-state index in [2.05, 4.69) is 19.9 Å². The summed E-state index contributed by atoms with van der Waals surface area (Å²) < 4.78 is 6.00. The molecule has 0 amide bonds. The number of rotatable bonds is 5. The summed E-state index contributed by atoms with van der Waals surface area (Å²) in [5.74, 6) is 1.93. The minimum absolute atomic E-state index is 0.0997. The Labute approximate surface area is 120 Å². The summed E-state index contributed by atoms with van der Waals surface area (Å²) in [5, 5.41) is 0. The number of hydrogen-bond acceptors (Lipinski definition) is 2. The highest BCUT2D eigenvalue weighted by molar-refractivity contribution is 5.98. The molecule has 0 saturated carbocycles. The first kappa shape index (κ1) is 14.3. The van der Waals surface area contributed by atoms with E-state index in [0.717, 1.165) is 11.3 Å². The van der Waals surface area contributed by atoms with E-state index in [1.807, 2.05) is 49.4 Å². The van der Waals surface area contributed by atoms with Gasteiger partial charge < -0.3 is 4.74 Å². The van der Waals surface area contributed by atoms with Crippen LogP contribution in [-0.2, 0) is 0 Å². The molecule has 2 rings (SSSR count). The lowest BCUT2D eigenvalue weighted by Gasteiger charge is -2.15. The van der Waals surface area contributed by atoms with Crippen molar-refractivity contribution in [3.05, 3.63) is 59.7 Å². The van der Waals surface area contributed by atoms with Crippen LogP contribution in [0.2, 0.25) is 0 Å². The van der Waals surface area contributed by atoms with Crippen LogP contribution in [0, 0.1) is 0 Å². The third-order valence-electron chi connectivity index (χ3n) is 3.27. The van der Waals surface area contributed by atoms with Crippen molar-refractivity contribution in [2.45, 2.75) is 33.1 Å². The molecule has 0 saturated heterocycles. The zero-order valence-electron chi connectivity index (χ0n) is 12.2. The Morgan fingerprint density at radius 3 is 2.25 bits per heavy atom. The van der Waals surface area contributed by atoms with Gasteiger partial charge >= 0.3 is 0 Å². The topological polar surface area (TPSA) is 26.3 Å². The molecular formula is C18H20O2. The lowest BCUT2D eigenvalue weighted by atomic mass is 10.0. The van der Waals surface area contributed by atoms with Crippen molar-refractivity contribution in [1.29, 1.82) is 0 Å². The molecular weight excluding hydrogens is 248 g/mol. The Morgan fingerprint density at radius 2 is 1.60 bits per heavy atom. The van der Waals surface area contributed by atoms with Crippen molar-refractivity contribution in [3.63, 3.8) is 0 Å².